The standard InChI is InChI=1S/C26H30O6/c1-14(2)6-9-17-24(30)23-21(29)13-22(16-8-11-19(27)20(28)12-16)32-26(23)18(25(17)31-5)10-7-15(3)4/h6-8,11-12,22,27-28,30H,9-10,13H2,1-5H3/t22-/m1/s1. The van der Waals surface area contributed by atoms with Crippen LogP contribution in [0.3, 0.4) is 0 Å². The van der Waals surface area contributed by atoms with Gasteiger partial charge in [0, 0.05) is 11.1 Å². The van der Waals surface area contributed by atoms with Gasteiger partial charge in [-0.3, -0.25) is 4.79 Å². The number of carbonyl (C=O) groups is 1. The molecule has 1 aliphatic heterocycles. The number of rotatable bonds is 6. The maximum atomic E-state index is 13.2. The number of hydrogen-bond acceptors (Lipinski definition) is 6. The van der Waals surface area contributed by atoms with Gasteiger partial charge in [-0.25, -0.2) is 0 Å². The molecule has 32 heavy (non-hydrogen) atoms. The molecule has 3 N–H and O–H groups in total. The molecule has 0 unspecified atom stereocenters. The molecule has 170 valence electrons. The van der Waals surface area contributed by atoms with E-state index in [1.165, 1.54) is 12.1 Å². The van der Waals surface area contributed by atoms with Crippen molar-refractivity contribution in [2.45, 2.75) is 53.1 Å². The van der Waals surface area contributed by atoms with Crippen LogP contribution in [0.2, 0.25) is 0 Å². The van der Waals surface area contributed by atoms with E-state index in [1.54, 1.807) is 13.2 Å². The first kappa shape index (κ1) is 23.3. The highest BCUT2D eigenvalue weighted by Crippen LogP contribution is 2.49. The van der Waals surface area contributed by atoms with E-state index in [0.717, 1.165) is 11.1 Å². The van der Waals surface area contributed by atoms with Gasteiger partial charge in [-0.2, -0.15) is 0 Å². The molecule has 3 rings (SSSR count). The van der Waals surface area contributed by atoms with Crippen LogP contribution in [0.4, 0.5) is 0 Å². The quantitative estimate of drug-likeness (QED) is 0.405. The summed E-state index contributed by atoms with van der Waals surface area (Å²) in [6.45, 7) is 7.91. The molecule has 1 atom stereocenters. The number of ketones is 1. The lowest BCUT2D eigenvalue weighted by Gasteiger charge is -2.30. The van der Waals surface area contributed by atoms with Crippen molar-refractivity contribution >= 4 is 5.78 Å². The summed E-state index contributed by atoms with van der Waals surface area (Å²) in [6, 6.07) is 4.35. The number of carbonyl (C=O) groups excluding carboxylic acids is 1. The Balaban J connectivity index is 2.21. The van der Waals surface area contributed by atoms with E-state index < -0.39 is 6.10 Å². The molecular formula is C26H30O6. The number of allylic oxidation sites excluding steroid dienone is 4. The van der Waals surface area contributed by atoms with E-state index in [1.807, 2.05) is 39.8 Å². The van der Waals surface area contributed by atoms with Crippen molar-refractivity contribution in [3.05, 3.63) is 63.8 Å². The molecule has 0 radical (unpaired) electrons. The molecule has 2 aromatic carbocycles. The van der Waals surface area contributed by atoms with Gasteiger partial charge >= 0.3 is 0 Å². The van der Waals surface area contributed by atoms with Gasteiger partial charge in [0.05, 0.1) is 13.5 Å². The van der Waals surface area contributed by atoms with Gasteiger partial charge in [-0.15, -0.1) is 0 Å². The zero-order valence-electron chi connectivity index (χ0n) is 19.2. The van der Waals surface area contributed by atoms with Crippen LogP contribution in [0.1, 0.15) is 67.3 Å². The predicted molar refractivity (Wildman–Crippen MR) is 123 cm³/mol. The van der Waals surface area contributed by atoms with Gasteiger partial charge in [-0.05, 0) is 58.2 Å². The Labute approximate surface area is 188 Å². The predicted octanol–water partition coefficient (Wildman–Crippen LogP) is 5.54. The van der Waals surface area contributed by atoms with E-state index in [-0.39, 0.29) is 35.0 Å². The summed E-state index contributed by atoms with van der Waals surface area (Å²) in [6.07, 6.45) is 4.22. The van der Waals surface area contributed by atoms with Crippen LogP contribution < -0.4 is 9.47 Å². The summed E-state index contributed by atoms with van der Waals surface area (Å²) in [5, 5.41) is 30.6. The maximum absolute atomic E-state index is 13.2. The smallest absolute Gasteiger partial charge is 0.174 e. The van der Waals surface area contributed by atoms with Crippen molar-refractivity contribution in [3.63, 3.8) is 0 Å². The van der Waals surface area contributed by atoms with Crippen molar-refractivity contribution in [1.82, 2.24) is 0 Å². The molecule has 1 aliphatic rings. The lowest BCUT2D eigenvalue weighted by molar-refractivity contribution is 0.0841. The van der Waals surface area contributed by atoms with Gasteiger partial charge in [-0.1, -0.05) is 29.4 Å². The van der Waals surface area contributed by atoms with Crippen LogP contribution in [-0.2, 0) is 12.8 Å². The van der Waals surface area contributed by atoms with Crippen molar-refractivity contribution in [2.75, 3.05) is 7.11 Å². The number of aromatic hydroxyl groups is 3. The van der Waals surface area contributed by atoms with E-state index in [2.05, 4.69) is 0 Å². The topological polar surface area (TPSA) is 96.2 Å². The Kier molecular flexibility index (Phi) is 6.82. The summed E-state index contributed by atoms with van der Waals surface area (Å²) in [4.78, 5) is 13.2. The van der Waals surface area contributed by atoms with Crippen molar-refractivity contribution < 1.29 is 29.6 Å². The minimum absolute atomic E-state index is 0.00126. The summed E-state index contributed by atoms with van der Waals surface area (Å²) >= 11 is 0. The molecule has 2 aromatic rings. The monoisotopic (exact) mass is 438 g/mol. The SMILES string of the molecule is COc1c(CC=C(C)C)c(O)c2c(c1CC=C(C)C)O[C@@H](c1ccc(O)c(O)c1)CC2=O. The molecule has 0 aromatic heterocycles. The Morgan fingerprint density at radius 3 is 2.22 bits per heavy atom. The minimum Gasteiger partial charge on any atom is -0.507 e. The molecule has 1 heterocycles. The van der Waals surface area contributed by atoms with Gasteiger partial charge in [0.15, 0.2) is 17.3 Å². The van der Waals surface area contributed by atoms with Gasteiger partial charge in [0.25, 0.3) is 0 Å². The highest BCUT2D eigenvalue weighted by atomic mass is 16.5. The van der Waals surface area contributed by atoms with E-state index in [9.17, 15) is 20.1 Å². The number of methoxy groups -OCH3 is 1. The molecule has 0 amide bonds. The Morgan fingerprint density at radius 1 is 1.03 bits per heavy atom. The van der Waals surface area contributed by atoms with Crippen molar-refractivity contribution in [1.29, 1.82) is 0 Å². The number of phenols is 3. The molecule has 0 fully saturated rings. The van der Waals surface area contributed by atoms with Crippen LogP contribution in [-0.4, -0.2) is 28.2 Å². The van der Waals surface area contributed by atoms with Crippen molar-refractivity contribution in [3.8, 4) is 28.7 Å². The molecule has 6 nitrogen and oxygen atoms in total. The lowest BCUT2D eigenvalue weighted by Crippen LogP contribution is -2.22. The average Bonchev–Trinajstić information content (AvgIpc) is 2.73. The second kappa shape index (κ2) is 9.39. The second-order valence-corrected chi connectivity index (χ2v) is 8.50. The number of benzene rings is 2. The summed E-state index contributed by atoms with van der Waals surface area (Å²) in [7, 11) is 1.54. The molecule has 0 spiro atoms. The fraction of sp³-hybridized carbons (Fsp3) is 0.346. The normalized spacial score (nSPS) is 14.9. The third kappa shape index (κ3) is 4.59. The van der Waals surface area contributed by atoms with Crippen LogP contribution in [0.15, 0.2) is 41.5 Å². The summed E-state index contributed by atoms with van der Waals surface area (Å²) in [5.74, 6) is -0.103. The van der Waals surface area contributed by atoms with E-state index in [0.29, 0.717) is 41.0 Å². The first-order chi connectivity index (χ1) is 15.1. The van der Waals surface area contributed by atoms with Crippen LogP contribution in [0, 0.1) is 0 Å². The molecular weight excluding hydrogens is 408 g/mol. The Bertz CT molecular complexity index is 1100. The minimum atomic E-state index is -0.667. The molecule has 0 aliphatic carbocycles. The van der Waals surface area contributed by atoms with Gasteiger partial charge in [0.1, 0.15) is 28.9 Å². The average molecular weight is 439 g/mol. The molecule has 6 heteroatoms. The largest absolute Gasteiger partial charge is 0.507 e. The van der Waals surface area contributed by atoms with E-state index in [4.69, 9.17) is 9.47 Å². The number of Topliss-reactive ketones (excluding diaryl/α,β-unsaturated/α-hetero) is 1. The summed E-state index contributed by atoms with van der Waals surface area (Å²) in [5.41, 5.74) is 4.16. The third-order valence-electron chi connectivity index (χ3n) is 5.49. The number of phenolic OH excluding ortho intramolecular Hbond substituents is 3. The molecule has 0 bridgehead atoms. The first-order valence-electron chi connectivity index (χ1n) is 10.6. The number of ether oxygens (including phenoxy) is 2. The van der Waals surface area contributed by atoms with E-state index >= 15 is 0 Å². The fourth-order valence-electron chi connectivity index (χ4n) is 3.81. The first-order valence-corrected chi connectivity index (χ1v) is 10.6. The van der Waals surface area contributed by atoms with Crippen molar-refractivity contribution in [2.24, 2.45) is 0 Å². The van der Waals surface area contributed by atoms with Gasteiger partial charge < -0.3 is 24.8 Å². The lowest BCUT2D eigenvalue weighted by atomic mass is 9.89. The highest BCUT2D eigenvalue weighted by Gasteiger charge is 2.36. The Hall–Kier alpha value is -3.41. The fourth-order valence-corrected chi connectivity index (χ4v) is 3.81. The zero-order chi connectivity index (χ0) is 23.6. The number of fused-ring (bicyclic) bond motifs is 1. The van der Waals surface area contributed by atoms with Gasteiger partial charge in [0.2, 0.25) is 0 Å². The maximum Gasteiger partial charge on any atom is 0.174 e. The van der Waals surface area contributed by atoms with Crippen LogP contribution in [0.25, 0.3) is 0 Å². The van der Waals surface area contributed by atoms with Crippen LogP contribution >= 0.6 is 0 Å². The zero-order valence-corrected chi connectivity index (χ0v) is 19.2. The Morgan fingerprint density at radius 2 is 1.66 bits per heavy atom. The third-order valence-corrected chi connectivity index (χ3v) is 5.49. The number of hydrogen-bond donors (Lipinski definition) is 3. The summed E-state index contributed by atoms with van der Waals surface area (Å²) < 4.78 is 12.0. The second-order valence-electron chi connectivity index (χ2n) is 8.50. The highest BCUT2D eigenvalue weighted by molar-refractivity contribution is 6.04. The van der Waals surface area contributed by atoms with Crippen LogP contribution in [0.5, 0.6) is 28.7 Å². The molecule has 0 saturated carbocycles. The molecule has 0 saturated heterocycles.